The van der Waals surface area contributed by atoms with Gasteiger partial charge in [-0.15, -0.1) is 11.3 Å². The van der Waals surface area contributed by atoms with Gasteiger partial charge < -0.3 is 5.32 Å². The molecule has 0 aliphatic rings. The molecule has 3 heterocycles. The molecule has 5 nitrogen and oxygen atoms in total. The molecule has 3 rings (SSSR count). The second-order valence-corrected chi connectivity index (χ2v) is 6.07. The lowest BCUT2D eigenvalue weighted by Crippen LogP contribution is -1.95. The molecule has 0 bridgehead atoms. The number of hydrogen-bond donors (Lipinski definition) is 2. The molecule has 0 aromatic carbocycles. The van der Waals surface area contributed by atoms with Gasteiger partial charge in [0, 0.05) is 22.2 Å². The Balaban J connectivity index is 2.09. The molecule has 7 heteroatoms. The molecule has 0 aliphatic heterocycles. The zero-order chi connectivity index (χ0) is 15.7. The van der Waals surface area contributed by atoms with Gasteiger partial charge in [-0.1, -0.05) is 11.6 Å². The van der Waals surface area contributed by atoms with Crippen molar-refractivity contribution in [3.05, 3.63) is 51.4 Å². The van der Waals surface area contributed by atoms with Crippen LogP contribution >= 0.6 is 22.9 Å². The van der Waals surface area contributed by atoms with Crippen molar-refractivity contribution in [2.45, 2.75) is 13.8 Å². The van der Waals surface area contributed by atoms with Crippen LogP contribution in [0.25, 0.3) is 15.3 Å². The summed E-state index contributed by atoms with van der Waals surface area (Å²) in [6.07, 6.45) is 0. The van der Waals surface area contributed by atoms with Crippen LogP contribution in [0.2, 0.25) is 5.15 Å². The molecule has 0 spiro atoms. The zero-order valence-electron chi connectivity index (χ0n) is 11.9. The van der Waals surface area contributed by atoms with E-state index in [-0.39, 0.29) is 5.15 Å². The van der Waals surface area contributed by atoms with Gasteiger partial charge in [0.2, 0.25) is 5.69 Å². The number of rotatable bonds is 3. The van der Waals surface area contributed by atoms with E-state index in [0.717, 1.165) is 21.7 Å². The largest absolute Gasteiger partial charge is 0.323 e. The van der Waals surface area contributed by atoms with E-state index >= 15 is 0 Å². The molecule has 0 saturated heterocycles. The Kier molecular flexibility index (Phi) is 3.84. The Hall–Kier alpha value is -2.36. The third-order valence-electron chi connectivity index (χ3n) is 3.13. The summed E-state index contributed by atoms with van der Waals surface area (Å²) in [5, 5.41) is 12.3. The molecule has 2 N–H and O–H groups in total. The maximum absolute atomic E-state index is 7.36. The van der Waals surface area contributed by atoms with Crippen LogP contribution in [0.15, 0.2) is 23.6 Å². The molecule has 0 fully saturated rings. The normalized spacial score (nSPS) is 10.5. The van der Waals surface area contributed by atoms with Crippen LogP contribution in [0.4, 0.5) is 17.3 Å². The SMILES string of the molecule is [C-]#[N+]c1c(-c2sccc2C)cc(Nc2cc(C)[nH]n2)nc1Cl. The maximum atomic E-state index is 7.36. The monoisotopic (exact) mass is 329 g/mol. The van der Waals surface area contributed by atoms with Crippen molar-refractivity contribution in [3.63, 3.8) is 0 Å². The van der Waals surface area contributed by atoms with Crippen molar-refractivity contribution in [2.24, 2.45) is 0 Å². The Morgan fingerprint density at radius 1 is 1.32 bits per heavy atom. The van der Waals surface area contributed by atoms with Crippen LogP contribution in [-0.4, -0.2) is 15.2 Å². The van der Waals surface area contributed by atoms with Gasteiger partial charge in [0.25, 0.3) is 0 Å². The van der Waals surface area contributed by atoms with Gasteiger partial charge in [-0.25, -0.2) is 9.83 Å². The van der Waals surface area contributed by atoms with Crippen molar-refractivity contribution >= 4 is 40.3 Å². The summed E-state index contributed by atoms with van der Waals surface area (Å²) in [5.41, 5.74) is 3.22. The number of pyridine rings is 1. The highest BCUT2D eigenvalue weighted by atomic mass is 35.5. The Bertz CT molecular complexity index is 874. The highest BCUT2D eigenvalue weighted by Crippen LogP contribution is 2.41. The number of nitrogens with one attached hydrogen (secondary N) is 2. The van der Waals surface area contributed by atoms with Gasteiger partial charge in [-0.05, 0) is 36.9 Å². The number of aromatic nitrogens is 3. The molecule has 22 heavy (non-hydrogen) atoms. The van der Waals surface area contributed by atoms with E-state index in [2.05, 4.69) is 25.3 Å². The lowest BCUT2D eigenvalue weighted by Gasteiger charge is -2.09. The smallest absolute Gasteiger partial charge is 0.232 e. The van der Waals surface area contributed by atoms with E-state index in [1.807, 2.05) is 37.4 Å². The fraction of sp³-hybridized carbons (Fsp3) is 0.133. The van der Waals surface area contributed by atoms with E-state index in [4.69, 9.17) is 18.2 Å². The second-order valence-electron chi connectivity index (χ2n) is 4.80. The van der Waals surface area contributed by atoms with Gasteiger partial charge in [-0.2, -0.15) is 5.10 Å². The minimum absolute atomic E-state index is 0.190. The minimum atomic E-state index is 0.190. The number of anilines is 2. The molecule has 3 aromatic rings. The van der Waals surface area contributed by atoms with Crippen molar-refractivity contribution in [1.29, 1.82) is 0 Å². The third-order valence-corrected chi connectivity index (χ3v) is 4.44. The second kappa shape index (κ2) is 5.79. The van der Waals surface area contributed by atoms with Crippen molar-refractivity contribution in [2.75, 3.05) is 5.32 Å². The molecule has 3 aromatic heterocycles. The highest BCUT2D eigenvalue weighted by Gasteiger charge is 2.16. The van der Waals surface area contributed by atoms with E-state index in [1.54, 1.807) is 11.3 Å². The summed E-state index contributed by atoms with van der Waals surface area (Å²) in [6, 6.07) is 5.72. The van der Waals surface area contributed by atoms with Gasteiger partial charge in [-0.3, -0.25) is 5.10 Å². The molecular formula is C15H12ClN5S. The lowest BCUT2D eigenvalue weighted by molar-refractivity contribution is 1.05. The minimum Gasteiger partial charge on any atom is -0.323 e. The maximum Gasteiger partial charge on any atom is 0.232 e. The number of aromatic amines is 1. The molecule has 0 radical (unpaired) electrons. The number of halogens is 1. The fourth-order valence-electron chi connectivity index (χ4n) is 2.11. The first-order chi connectivity index (χ1) is 10.6. The molecule has 0 saturated carbocycles. The Labute approximate surface area is 136 Å². The zero-order valence-corrected chi connectivity index (χ0v) is 13.5. The molecule has 110 valence electrons. The van der Waals surface area contributed by atoms with Crippen LogP contribution in [0.3, 0.4) is 0 Å². The summed E-state index contributed by atoms with van der Waals surface area (Å²) in [4.78, 5) is 8.80. The first kappa shape index (κ1) is 14.6. The van der Waals surface area contributed by atoms with Crippen LogP contribution in [0, 0.1) is 20.4 Å². The number of H-pyrrole nitrogens is 1. The van der Waals surface area contributed by atoms with Crippen molar-refractivity contribution < 1.29 is 0 Å². The van der Waals surface area contributed by atoms with Crippen LogP contribution in [0.1, 0.15) is 11.3 Å². The predicted molar refractivity (Wildman–Crippen MR) is 90.2 cm³/mol. The third kappa shape index (κ3) is 2.69. The number of thiophene rings is 1. The van der Waals surface area contributed by atoms with E-state index in [9.17, 15) is 0 Å². The van der Waals surface area contributed by atoms with Crippen molar-refractivity contribution in [3.8, 4) is 10.4 Å². The first-order valence-electron chi connectivity index (χ1n) is 6.50. The van der Waals surface area contributed by atoms with Crippen LogP contribution in [0.5, 0.6) is 0 Å². The molecule has 0 unspecified atom stereocenters. The predicted octanol–water partition coefficient (Wildman–Crippen LogP) is 5.10. The summed E-state index contributed by atoms with van der Waals surface area (Å²) in [6.45, 7) is 11.3. The molecule has 0 amide bonds. The summed E-state index contributed by atoms with van der Waals surface area (Å²) < 4.78 is 0. The van der Waals surface area contributed by atoms with Crippen molar-refractivity contribution in [1.82, 2.24) is 15.2 Å². The van der Waals surface area contributed by atoms with Crippen LogP contribution < -0.4 is 5.32 Å². The van der Waals surface area contributed by atoms with Gasteiger partial charge in [0.15, 0.2) is 5.82 Å². The lowest BCUT2D eigenvalue weighted by atomic mass is 10.1. The van der Waals surface area contributed by atoms with Gasteiger partial charge in [0.1, 0.15) is 11.0 Å². The average Bonchev–Trinajstić information content (AvgIpc) is 3.07. The Morgan fingerprint density at radius 3 is 2.73 bits per heavy atom. The van der Waals surface area contributed by atoms with E-state index in [0.29, 0.717) is 17.3 Å². The quantitative estimate of drug-likeness (QED) is 0.519. The molecule has 0 atom stereocenters. The fourth-order valence-corrected chi connectivity index (χ4v) is 3.29. The number of hydrogen-bond acceptors (Lipinski definition) is 4. The first-order valence-corrected chi connectivity index (χ1v) is 7.75. The Morgan fingerprint density at radius 2 is 2.14 bits per heavy atom. The standard InChI is InChI=1S/C15H12ClN5S/c1-8-4-5-22-14(8)10-7-11(19-15(16)13(10)17-3)18-12-6-9(2)20-21-12/h4-7H,1-2H3,(H2,18,19,20,21). The number of nitrogens with zero attached hydrogens (tertiary/aromatic N) is 3. The topological polar surface area (TPSA) is 58.0 Å². The van der Waals surface area contributed by atoms with Gasteiger partial charge in [0.05, 0.1) is 6.57 Å². The molecule has 0 aliphatic carbocycles. The highest BCUT2D eigenvalue weighted by molar-refractivity contribution is 7.13. The van der Waals surface area contributed by atoms with Gasteiger partial charge >= 0.3 is 0 Å². The summed E-state index contributed by atoms with van der Waals surface area (Å²) in [5.74, 6) is 1.22. The summed E-state index contributed by atoms with van der Waals surface area (Å²) in [7, 11) is 0. The number of aryl methyl sites for hydroxylation is 2. The van der Waals surface area contributed by atoms with Crippen LogP contribution in [-0.2, 0) is 0 Å². The molecular weight excluding hydrogens is 318 g/mol. The van der Waals surface area contributed by atoms with E-state index < -0.39 is 0 Å². The van der Waals surface area contributed by atoms with E-state index in [1.165, 1.54) is 0 Å². The average molecular weight is 330 g/mol. The summed E-state index contributed by atoms with van der Waals surface area (Å²) >= 11 is 7.77.